The molecule has 0 unspecified atom stereocenters. The molecule has 0 saturated carbocycles. The van der Waals surface area contributed by atoms with E-state index in [4.69, 9.17) is 29.0 Å². The van der Waals surface area contributed by atoms with Crippen LogP contribution >= 0.6 is 35.6 Å². The van der Waals surface area contributed by atoms with Crippen LogP contribution in [0.1, 0.15) is 0 Å². The summed E-state index contributed by atoms with van der Waals surface area (Å²) in [5.74, 6) is 5.14. The normalized spacial score (nSPS) is 10.7. The van der Waals surface area contributed by atoms with Gasteiger partial charge < -0.3 is 5.43 Å². The van der Waals surface area contributed by atoms with Gasteiger partial charge in [-0.3, -0.25) is 5.84 Å². The Hall–Kier alpha value is -0.200. The standard InChI is InChI=1S/C7H8Cl2N2O2S.ClH/c1-14(12,13)4-2-5(8)7(11-10)6(9)3-4;/h2-3,11H,10H2,1H3;1H. The third kappa shape index (κ3) is 3.39. The van der Waals surface area contributed by atoms with Crippen molar-refractivity contribution in [1.82, 2.24) is 0 Å². The summed E-state index contributed by atoms with van der Waals surface area (Å²) in [5.41, 5.74) is 2.59. The highest BCUT2D eigenvalue weighted by Crippen LogP contribution is 2.32. The highest BCUT2D eigenvalue weighted by atomic mass is 35.5. The van der Waals surface area contributed by atoms with Gasteiger partial charge in [0.05, 0.1) is 20.6 Å². The minimum absolute atomic E-state index is 0. The first kappa shape index (κ1) is 14.8. The SMILES string of the molecule is CS(=O)(=O)c1cc(Cl)c(NN)c(Cl)c1.Cl. The Bertz CT molecular complexity index is 438. The Morgan fingerprint density at radius 3 is 1.93 bits per heavy atom. The zero-order valence-corrected chi connectivity index (χ0v) is 10.8. The van der Waals surface area contributed by atoms with E-state index in [0.717, 1.165) is 6.26 Å². The van der Waals surface area contributed by atoms with Gasteiger partial charge >= 0.3 is 0 Å². The molecular weight excluding hydrogens is 283 g/mol. The molecule has 0 aromatic heterocycles. The average molecular weight is 292 g/mol. The van der Waals surface area contributed by atoms with Gasteiger partial charge in [0.2, 0.25) is 0 Å². The summed E-state index contributed by atoms with van der Waals surface area (Å²) in [6.07, 6.45) is 1.07. The summed E-state index contributed by atoms with van der Waals surface area (Å²) in [5, 5.41) is 0.334. The summed E-state index contributed by atoms with van der Waals surface area (Å²) in [7, 11) is -3.31. The first-order chi connectivity index (χ1) is 6.36. The number of nitrogens with two attached hydrogens (primary N) is 1. The number of rotatable bonds is 2. The predicted molar refractivity (Wildman–Crippen MR) is 64.6 cm³/mol. The van der Waals surface area contributed by atoms with E-state index in [1.807, 2.05) is 0 Å². The molecule has 0 saturated heterocycles. The van der Waals surface area contributed by atoms with Crippen molar-refractivity contribution in [3.63, 3.8) is 0 Å². The first-order valence-corrected chi connectivity index (χ1v) is 6.16. The lowest BCUT2D eigenvalue weighted by Gasteiger charge is -2.07. The van der Waals surface area contributed by atoms with E-state index in [9.17, 15) is 8.42 Å². The molecule has 1 aromatic rings. The lowest BCUT2D eigenvalue weighted by molar-refractivity contribution is 0.602. The molecule has 0 aliphatic rings. The van der Waals surface area contributed by atoms with Crippen molar-refractivity contribution in [2.45, 2.75) is 4.90 Å². The van der Waals surface area contributed by atoms with Crippen LogP contribution in [0.4, 0.5) is 5.69 Å². The van der Waals surface area contributed by atoms with Crippen molar-refractivity contribution < 1.29 is 8.42 Å². The Morgan fingerprint density at radius 1 is 1.27 bits per heavy atom. The van der Waals surface area contributed by atoms with E-state index in [1.165, 1.54) is 12.1 Å². The van der Waals surface area contributed by atoms with Gasteiger partial charge in [-0.05, 0) is 12.1 Å². The molecule has 4 nitrogen and oxygen atoms in total. The van der Waals surface area contributed by atoms with Gasteiger partial charge in [0.15, 0.2) is 9.84 Å². The van der Waals surface area contributed by atoms with Gasteiger partial charge in [0, 0.05) is 6.26 Å². The van der Waals surface area contributed by atoms with Crippen molar-refractivity contribution in [2.75, 3.05) is 11.7 Å². The number of sulfone groups is 1. The second-order valence-corrected chi connectivity index (χ2v) is 5.51. The fraction of sp³-hybridized carbons (Fsp3) is 0.143. The lowest BCUT2D eigenvalue weighted by atomic mass is 10.3. The minimum atomic E-state index is -3.31. The fourth-order valence-electron chi connectivity index (χ4n) is 0.902. The monoisotopic (exact) mass is 290 g/mol. The van der Waals surface area contributed by atoms with Crippen LogP contribution in [0.5, 0.6) is 0 Å². The molecule has 0 fully saturated rings. The number of nitrogens with one attached hydrogen (secondary N) is 1. The van der Waals surface area contributed by atoms with Crippen LogP contribution < -0.4 is 11.3 Å². The van der Waals surface area contributed by atoms with Crippen LogP contribution in [0.25, 0.3) is 0 Å². The number of hydrazine groups is 1. The van der Waals surface area contributed by atoms with Gasteiger partial charge in [0.1, 0.15) is 0 Å². The maximum absolute atomic E-state index is 11.2. The molecular formula is C7H9Cl3N2O2S. The van der Waals surface area contributed by atoms with Gasteiger partial charge in [-0.2, -0.15) is 0 Å². The zero-order valence-electron chi connectivity index (χ0n) is 7.62. The number of hydrogen-bond acceptors (Lipinski definition) is 4. The van der Waals surface area contributed by atoms with Crippen LogP contribution in [-0.4, -0.2) is 14.7 Å². The van der Waals surface area contributed by atoms with Crippen LogP contribution in [0.3, 0.4) is 0 Å². The molecule has 1 aromatic carbocycles. The summed E-state index contributed by atoms with van der Waals surface area (Å²) in [6, 6.07) is 2.58. The molecule has 0 heterocycles. The quantitative estimate of drug-likeness (QED) is 0.646. The number of nitrogen functional groups attached to an aromatic ring is 1. The smallest absolute Gasteiger partial charge is 0.175 e. The van der Waals surface area contributed by atoms with Crippen molar-refractivity contribution in [3.8, 4) is 0 Å². The zero-order chi connectivity index (χ0) is 10.9. The Balaban J connectivity index is 0.00000196. The molecule has 15 heavy (non-hydrogen) atoms. The van der Waals surface area contributed by atoms with Crippen molar-refractivity contribution in [2.24, 2.45) is 5.84 Å². The van der Waals surface area contributed by atoms with Gasteiger partial charge in [-0.15, -0.1) is 12.4 Å². The molecule has 0 aliphatic carbocycles. The molecule has 0 aliphatic heterocycles. The second kappa shape index (κ2) is 5.23. The minimum Gasteiger partial charge on any atom is -0.321 e. The van der Waals surface area contributed by atoms with Gasteiger partial charge in [-0.1, -0.05) is 23.2 Å². The third-order valence-electron chi connectivity index (χ3n) is 1.59. The molecule has 3 N–H and O–H groups in total. The van der Waals surface area contributed by atoms with Crippen LogP contribution in [0.2, 0.25) is 10.0 Å². The van der Waals surface area contributed by atoms with Crippen LogP contribution in [-0.2, 0) is 9.84 Å². The van der Waals surface area contributed by atoms with Crippen LogP contribution in [0.15, 0.2) is 17.0 Å². The molecule has 0 radical (unpaired) electrons. The van der Waals surface area contributed by atoms with Crippen molar-refractivity contribution >= 4 is 51.1 Å². The average Bonchev–Trinajstić information content (AvgIpc) is 2.01. The largest absolute Gasteiger partial charge is 0.321 e. The Kier molecular flexibility index (Phi) is 5.16. The summed E-state index contributed by atoms with van der Waals surface area (Å²) in [6.45, 7) is 0. The van der Waals surface area contributed by atoms with Crippen LogP contribution in [0, 0.1) is 0 Å². The Morgan fingerprint density at radius 2 is 1.67 bits per heavy atom. The summed E-state index contributed by atoms with van der Waals surface area (Å²) in [4.78, 5) is 0.0616. The number of halogens is 3. The number of benzene rings is 1. The first-order valence-electron chi connectivity index (χ1n) is 3.52. The van der Waals surface area contributed by atoms with E-state index in [1.54, 1.807) is 0 Å². The van der Waals surface area contributed by atoms with E-state index in [-0.39, 0.29) is 27.3 Å². The van der Waals surface area contributed by atoms with E-state index < -0.39 is 9.84 Å². The van der Waals surface area contributed by atoms with E-state index in [2.05, 4.69) is 5.43 Å². The van der Waals surface area contributed by atoms with Crippen molar-refractivity contribution in [1.29, 1.82) is 0 Å². The molecule has 86 valence electrons. The maximum Gasteiger partial charge on any atom is 0.175 e. The number of anilines is 1. The maximum atomic E-state index is 11.2. The summed E-state index contributed by atoms with van der Waals surface area (Å²) >= 11 is 11.5. The summed E-state index contributed by atoms with van der Waals surface area (Å²) < 4.78 is 22.3. The molecule has 0 bridgehead atoms. The molecule has 0 amide bonds. The lowest BCUT2D eigenvalue weighted by Crippen LogP contribution is -2.08. The fourth-order valence-corrected chi connectivity index (χ4v) is 2.29. The second-order valence-electron chi connectivity index (χ2n) is 2.68. The highest BCUT2D eigenvalue weighted by molar-refractivity contribution is 7.90. The van der Waals surface area contributed by atoms with Gasteiger partial charge in [-0.25, -0.2) is 8.42 Å². The highest BCUT2D eigenvalue weighted by Gasteiger charge is 2.13. The van der Waals surface area contributed by atoms with Gasteiger partial charge in [0.25, 0.3) is 0 Å². The van der Waals surface area contributed by atoms with Crippen molar-refractivity contribution in [3.05, 3.63) is 22.2 Å². The molecule has 1 rings (SSSR count). The Labute approximate surface area is 104 Å². The predicted octanol–water partition coefficient (Wildman–Crippen LogP) is 2.10. The topological polar surface area (TPSA) is 72.2 Å². The third-order valence-corrected chi connectivity index (χ3v) is 3.28. The molecule has 8 heteroatoms. The molecule has 0 atom stereocenters. The van der Waals surface area contributed by atoms with E-state index >= 15 is 0 Å². The number of hydrogen-bond donors (Lipinski definition) is 2. The van der Waals surface area contributed by atoms with E-state index in [0.29, 0.717) is 5.69 Å². The molecule has 0 spiro atoms.